The van der Waals surface area contributed by atoms with Gasteiger partial charge in [-0.15, -0.1) is 0 Å². The molecule has 92 valence electrons. The normalized spacial score (nSPS) is 10.8. The third kappa shape index (κ3) is 2.85. The van der Waals surface area contributed by atoms with Gasteiger partial charge in [-0.3, -0.25) is 9.48 Å². The van der Waals surface area contributed by atoms with Crippen LogP contribution >= 0.6 is 0 Å². The van der Waals surface area contributed by atoms with Gasteiger partial charge < -0.3 is 4.74 Å². The lowest BCUT2D eigenvalue weighted by molar-refractivity contribution is 0.104. The molecule has 0 saturated carbocycles. The molecule has 0 unspecified atom stereocenters. The Bertz CT molecular complexity index is 585. The van der Waals surface area contributed by atoms with Crippen LogP contribution in [0.15, 0.2) is 42.7 Å². The predicted molar refractivity (Wildman–Crippen MR) is 69.6 cm³/mol. The molecule has 0 aliphatic rings. The van der Waals surface area contributed by atoms with E-state index in [0.717, 1.165) is 11.3 Å². The number of hydrogen-bond acceptors (Lipinski definition) is 3. The van der Waals surface area contributed by atoms with Gasteiger partial charge in [-0.25, -0.2) is 0 Å². The van der Waals surface area contributed by atoms with Crippen molar-refractivity contribution in [2.45, 2.75) is 0 Å². The van der Waals surface area contributed by atoms with E-state index < -0.39 is 0 Å². The summed E-state index contributed by atoms with van der Waals surface area (Å²) in [7, 11) is 3.40. The molecule has 1 aromatic heterocycles. The second kappa shape index (κ2) is 5.31. The van der Waals surface area contributed by atoms with E-state index in [-0.39, 0.29) is 5.78 Å². The topological polar surface area (TPSA) is 44.1 Å². The highest BCUT2D eigenvalue weighted by atomic mass is 16.5. The number of ether oxygens (including phenoxy) is 1. The fourth-order valence-electron chi connectivity index (χ4n) is 1.56. The minimum atomic E-state index is -0.0640. The maximum absolute atomic E-state index is 11.8. The summed E-state index contributed by atoms with van der Waals surface area (Å²) in [6, 6.07) is 7.52. The zero-order valence-corrected chi connectivity index (χ0v) is 10.3. The maximum Gasteiger partial charge on any atom is 0.189 e. The number of rotatable bonds is 4. The van der Waals surface area contributed by atoms with Gasteiger partial charge in [0.15, 0.2) is 5.78 Å². The highest BCUT2D eigenvalue weighted by molar-refractivity contribution is 6.06. The SMILES string of the molecule is COc1cccc(/C=C\C(=O)c2cnn(C)c2)c1. The number of carbonyl (C=O) groups is 1. The van der Waals surface area contributed by atoms with Crippen LogP contribution in [0.3, 0.4) is 0 Å². The van der Waals surface area contributed by atoms with Crippen molar-refractivity contribution in [3.8, 4) is 5.75 Å². The first kappa shape index (κ1) is 12.1. The standard InChI is InChI=1S/C14H14N2O2/c1-16-10-12(9-15-16)14(17)7-6-11-4-3-5-13(8-11)18-2/h3-10H,1-2H3/b7-6-. The molecule has 0 radical (unpaired) electrons. The number of hydrogen-bond donors (Lipinski definition) is 0. The summed E-state index contributed by atoms with van der Waals surface area (Å²) in [5.41, 5.74) is 1.50. The van der Waals surface area contributed by atoms with Crippen molar-refractivity contribution in [3.63, 3.8) is 0 Å². The van der Waals surface area contributed by atoms with E-state index in [9.17, 15) is 4.79 Å². The molecule has 0 aliphatic carbocycles. The largest absolute Gasteiger partial charge is 0.497 e. The monoisotopic (exact) mass is 242 g/mol. The zero-order chi connectivity index (χ0) is 13.0. The van der Waals surface area contributed by atoms with E-state index in [0.29, 0.717) is 5.56 Å². The van der Waals surface area contributed by atoms with Gasteiger partial charge in [0.1, 0.15) is 5.75 Å². The molecule has 0 saturated heterocycles. The molecule has 0 amide bonds. The number of ketones is 1. The average molecular weight is 242 g/mol. The van der Waals surface area contributed by atoms with E-state index in [2.05, 4.69) is 5.10 Å². The first-order valence-corrected chi connectivity index (χ1v) is 5.54. The van der Waals surface area contributed by atoms with Gasteiger partial charge in [0.25, 0.3) is 0 Å². The van der Waals surface area contributed by atoms with Crippen molar-refractivity contribution >= 4 is 11.9 Å². The summed E-state index contributed by atoms with van der Waals surface area (Å²) in [6.07, 6.45) is 6.54. The number of methoxy groups -OCH3 is 1. The zero-order valence-electron chi connectivity index (χ0n) is 10.3. The Morgan fingerprint density at radius 1 is 1.44 bits per heavy atom. The van der Waals surface area contributed by atoms with Crippen molar-refractivity contribution in [2.24, 2.45) is 7.05 Å². The Hall–Kier alpha value is -2.36. The Labute approximate surface area is 106 Å². The molecular formula is C14H14N2O2. The summed E-state index contributed by atoms with van der Waals surface area (Å²) in [6.45, 7) is 0. The minimum absolute atomic E-state index is 0.0640. The van der Waals surface area contributed by atoms with Crippen molar-refractivity contribution in [1.29, 1.82) is 0 Å². The van der Waals surface area contributed by atoms with Crippen LogP contribution in [0.25, 0.3) is 6.08 Å². The second-order valence-corrected chi connectivity index (χ2v) is 3.88. The van der Waals surface area contributed by atoms with E-state index in [1.165, 1.54) is 6.08 Å². The Balaban J connectivity index is 2.12. The molecule has 1 heterocycles. The van der Waals surface area contributed by atoms with Gasteiger partial charge in [0.2, 0.25) is 0 Å². The Morgan fingerprint density at radius 2 is 2.28 bits per heavy atom. The lowest BCUT2D eigenvalue weighted by Gasteiger charge is -1.99. The van der Waals surface area contributed by atoms with Crippen LogP contribution in [0, 0.1) is 0 Å². The molecule has 18 heavy (non-hydrogen) atoms. The first-order valence-electron chi connectivity index (χ1n) is 5.54. The van der Waals surface area contributed by atoms with Gasteiger partial charge >= 0.3 is 0 Å². The molecule has 4 heteroatoms. The third-order valence-corrected chi connectivity index (χ3v) is 2.51. The van der Waals surface area contributed by atoms with Crippen LogP contribution < -0.4 is 4.74 Å². The highest BCUT2D eigenvalue weighted by Crippen LogP contribution is 2.14. The number of aryl methyl sites for hydroxylation is 1. The smallest absolute Gasteiger partial charge is 0.189 e. The van der Waals surface area contributed by atoms with Crippen LogP contribution in [0.5, 0.6) is 5.75 Å². The van der Waals surface area contributed by atoms with Gasteiger partial charge in [0.05, 0.1) is 18.9 Å². The molecule has 1 aromatic carbocycles. The molecule has 0 atom stereocenters. The summed E-state index contributed by atoms with van der Waals surface area (Å²) < 4.78 is 6.72. The number of benzene rings is 1. The van der Waals surface area contributed by atoms with Gasteiger partial charge in [-0.05, 0) is 23.8 Å². The van der Waals surface area contributed by atoms with Gasteiger partial charge in [-0.1, -0.05) is 18.2 Å². The van der Waals surface area contributed by atoms with E-state index in [1.807, 2.05) is 24.3 Å². The predicted octanol–water partition coefficient (Wildman–Crippen LogP) is 2.32. The van der Waals surface area contributed by atoms with Crippen molar-refractivity contribution in [1.82, 2.24) is 9.78 Å². The summed E-state index contributed by atoms with van der Waals surface area (Å²) >= 11 is 0. The number of allylic oxidation sites excluding steroid dienone is 1. The van der Waals surface area contributed by atoms with Crippen molar-refractivity contribution < 1.29 is 9.53 Å². The lowest BCUT2D eigenvalue weighted by Crippen LogP contribution is -1.92. The molecule has 2 aromatic rings. The van der Waals surface area contributed by atoms with Crippen LogP contribution in [0.4, 0.5) is 0 Å². The molecule has 0 bridgehead atoms. The lowest BCUT2D eigenvalue weighted by atomic mass is 10.1. The highest BCUT2D eigenvalue weighted by Gasteiger charge is 2.03. The van der Waals surface area contributed by atoms with E-state index in [4.69, 9.17) is 4.74 Å². The molecule has 0 N–H and O–H groups in total. The summed E-state index contributed by atoms with van der Waals surface area (Å²) in [4.78, 5) is 11.8. The Morgan fingerprint density at radius 3 is 2.94 bits per heavy atom. The molecule has 0 aliphatic heterocycles. The summed E-state index contributed by atoms with van der Waals surface area (Å²) in [5.74, 6) is 0.705. The van der Waals surface area contributed by atoms with Crippen molar-refractivity contribution in [2.75, 3.05) is 7.11 Å². The van der Waals surface area contributed by atoms with Gasteiger partial charge in [-0.2, -0.15) is 5.10 Å². The number of nitrogens with zero attached hydrogens (tertiary/aromatic N) is 2. The quantitative estimate of drug-likeness (QED) is 0.610. The van der Waals surface area contributed by atoms with Crippen LogP contribution in [0.2, 0.25) is 0 Å². The fourth-order valence-corrected chi connectivity index (χ4v) is 1.56. The van der Waals surface area contributed by atoms with Gasteiger partial charge in [0, 0.05) is 13.2 Å². The molecule has 2 rings (SSSR count). The number of carbonyl (C=O) groups excluding carboxylic acids is 1. The molecule has 0 fully saturated rings. The van der Waals surface area contributed by atoms with Crippen molar-refractivity contribution in [3.05, 3.63) is 53.9 Å². The molecule has 4 nitrogen and oxygen atoms in total. The van der Waals surface area contributed by atoms with Crippen LogP contribution in [-0.4, -0.2) is 22.7 Å². The summed E-state index contributed by atoms with van der Waals surface area (Å²) in [5, 5.41) is 3.96. The molecule has 0 spiro atoms. The second-order valence-electron chi connectivity index (χ2n) is 3.88. The maximum atomic E-state index is 11.8. The van der Waals surface area contributed by atoms with Crippen LogP contribution in [-0.2, 0) is 7.05 Å². The van der Waals surface area contributed by atoms with Crippen LogP contribution in [0.1, 0.15) is 15.9 Å². The van der Waals surface area contributed by atoms with E-state index >= 15 is 0 Å². The minimum Gasteiger partial charge on any atom is -0.497 e. The molecular weight excluding hydrogens is 228 g/mol. The fraction of sp³-hybridized carbons (Fsp3) is 0.143. The Kier molecular flexibility index (Phi) is 3.57. The first-order chi connectivity index (χ1) is 8.69. The third-order valence-electron chi connectivity index (χ3n) is 2.51. The van der Waals surface area contributed by atoms with E-state index in [1.54, 1.807) is 37.3 Å². The average Bonchev–Trinajstić information content (AvgIpc) is 2.83. The number of aromatic nitrogens is 2.